The molecule has 1 N–H and O–H groups in total. The molecule has 0 aliphatic carbocycles. The van der Waals surface area contributed by atoms with Gasteiger partial charge in [0.2, 0.25) is 5.82 Å². The monoisotopic (exact) mass is 521 g/mol. The predicted molar refractivity (Wildman–Crippen MR) is 153 cm³/mol. The van der Waals surface area contributed by atoms with E-state index in [1.807, 2.05) is 19.1 Å². The van der Waals surface area contributed by atoms with Crippen molar-refractivity contribution in [1.82, 2.24) is 35.0 Å². The third-order valence-corrected chi connectivity index (χ3v) is 7.09. The number of aromatic nitrogens is 7. The number of tetrazole rings is 1. The van der Waals surface area contributed by atoms with E-state index < -0.39 is 0 Å². The van der Waals surface area contributed by atoms with Crippen molar-refractivity contribution in [3.8, 4) is 22.5 Å². The Morgan fingerprint density at radius 1 is 0.846 bits per heavy atom. The predicted octanol–water partition coefficient (Wildman–Crippen LogP) is 5.43. The summed E-state index contributed by atoms with van der Waals surface area (Å²) in [5.41, 5.74) is 6.86. The Hall–Kier alpha value is -4.33. The van der Waals surface area contributed by atoms with Crippen molar-refractivity contribution >= 4 is 0 Å². The Balaban J connectivity index is 1.22. The van der Waals surface area contributed by atoms with Crippen LogP contribution in [0.15, 0.2) is 77.6 Å². The lowest BCUT2D eigenvalue weighted by molar-refractivity contribution is 0.588. The molecule has 200 valence electrons. The van der Waals surface area contributed by atoms with Gasteiger partial charge in [-0.15, -0.1) is 10.2 Å². The van der Waals surface area contributed by atoms with Gasteiger partial charge in [0.25, 0.3) is 0 Å². The molecule has 5 rings (SSSR count). The summed E-state index contributed by atoms with van der Waals surface area (Å²) in [4.78, 5) is 13.0. The Kier molecular flexibility index (Phi) is 7.54. The molecule has 0 spiro atoms. The fourth-order valence-corrected chi connectivity index (χ4v) is 4.81. The minimum absolute atomic E-state index is 0.0419. The lowest BCUT2D eigenvalue weighted by atomic mass is 9.87. The summed E-state index contributed by atoms with van der Waals surface area (Å²) >= 11 is 0. The normalized spacial score (nSPS) is 11.7. The number of nitrogens with zero attached hydrogens (tertiary/aromatic N) is 6. The number of aromatic amines is 1. The molecule has 8 nitrogen and oxygen atoms in total. The van der Waals surface area contributed by atoms with Crippen molar-refractivity contribution in [3.05, 3.63) is 106 Å². The van der Waals surface area contributed by atoms with E-state index in [1.165, 1.54) is 11.1 Å². The second-order valence-electron chi connectivity index (χ2n) is 10.9. The number of aryl methyl sites for hydroxylation is 2. The van der Waals surface area contributed by atoms with Crippen molar-refractivity contribution in [2.75, 3.05) is 0 Å². The average molecular weight is 522 g/mol. The highest BCUT2D eigenvalue weighted by Crippen LogP contribution is 2.25. The summed E-state index contributed by atoms with van der Waals surface area (Å²) in [5, 5.41) is 19.0. The topological polar surface area (TPSA) is 94.3 Å². The molecule has 0 aliphatic heterocycles. The van der Waals surface area contributed by atoms with Crippen LogP contribution in [0.4, 0.5) is 0 Å². The molecule has 0 saturated carbocycles. The lowest BCUT2D eigenvalue weighted by Gasteiger charge is -2.19. The molecule has 0 unspecified atom stereocenters. The van der Waals surface area contributed by atoms with Gasteiger partial charge in [-0.05, 0) is 64.3 Å². The molecule has 0 amide bonds. The Labute approximate surface area is 228 Å². The minimum Gasteiger partial charge on any atom is -0.279 e. The molecule has 2 aromatic heterocycles. The number of hydrogen-bond acceptors (Lipinski definition) is 5. The zero-order chi connectivity index (χ0) is 27.4. The van der Waals surface area contributed by atoms with Gasteiger partial charge in [0.1, 0.15) is 5.82 Å². The molecule has 0 fully saturated rings. The molecular weight excluding hydrogens is 486 g/mol. The van der Waals surface area contributed by atoms with Crippen molar-refractivity contribution in [1.29, 1.82) is 0 Å². The fourth-order valence-electron chi connectivity index (χ4n) is 4.81. The Morgan fingerprint density at radius 2 is 1.56 bits per heavy atom. The first-order chi connectivity index (χ1) is 18.8. The van der Waals surface area contributed by atoms with Gasteiger partial charge in [0.05, 0.1) is 6.54 Å². The van der Waals surface area contributed by atoms with Crippen LogP contribution in [0.1, 0.15) is 56.6 Å². The van der Waals surface area contributed by atoms with Crippen LogP contribution in [0.5, 0.6) is 0 Å². The SMILES string of the molecule is CCn1c(CCCc2ccc(-c3cccc(-c4nn[nH]n4)c3)cc2)nn(Cc2ccc(C(C)(C)C)cc2)c1=O. The maximum absolute atomic E-state index is 13.0. The third kappa shape index (κ3) is 6.06. The molecule has 39 heavy (non-hydrogen) atoms. The van der Waals surface area contributed by atoms with Crippen LogP contribution in [0, 0.1) is 0 Å². The largest absolute Gasteiger partial charge is 0.346 e. The van der Waals surface area contributed by atoms with Gasteiger partial charge in [0.15, 0.2) is 0 Å². The zero-order valence-corrected chi connectivity index (χ0v) is 23.1. The van der Waals surface area contributed by atoms with Gasteiger partial charge in [-0.1, -0.05) is 87.5 Å². The molecular formula is C31H35N7O. The van der Waals surface area contributed by atoms with Crippen molar-refractivity contribution < 1.29 is 0 Å². The molecule has 0 radical (unpaired) electrons. The minimum atomic E-state index is -0.0419. The summed E-state index contributed by atoms with van der Waals surface area (Å²) in [7, 11) is 0. The number of H-pyrrole nitrogens is 1. The van der Waals surface area contributed by atoms with Crippen LogP contribution in [0.3, 0.4) is 0 Å². The maximum atomic E-state index is 13.0. The van der Waals surface area contributed by atoms with Gasteiger partial charge < -0.3 is 0 Å². The highest BCUT2D eigenvalue weighted by atomic mass is 16.2. The number of rotatable bonds is 9. The van der Waals surface area contributed by atoms with Gasteiger partial charge in [-0.3, -0.25) is 4.57 Å². The second-order valence-corrected chi connectivity index (χ2v) is 10.9. The quantitative estimate of drug-likeness (QED) is 0.279. The fraction of sp³-hybridized carbons (Fsp3) is 0.323. The van der Waals surface area contributed by atoms with Crippen LogP contribution in [-0.4, -0.2) is 35.0 Å². The van der Waals surface area contributed by atoms with Crippen LogP contribution < -0.4 is 5.69 Å². The first-order valence-electron chi connectivity index (χ1n) is 13.5. The van der Waals surface area contributed by atoms with Crippen LogP contribution in [-0.2, 0) is 31.3 Å². The Bertz CT molecular complexity index is 1570. The standard InChI is InChI=1S/C31H35N7O/c1-5-37-28(34-38(30(37)39)21-23-14-18-27(19-15-23)31(2,3)4)11-6-8-22-12-16-24(17-13-22)25-9-7-10-26(20-25)29-32-35-36-33-29/h7,9-10,12-20H,5-6,8,11,21H2,1-4H3,(H,32,33,35,36). The Morgan fingerprint density at radius 3 is 2.23 bits per heavy atom. The van der Waals surface area contributed by atoms with Gasteiger partial charge in [-0.25, -0.2) is 9.48 Å². The summed E-state index contributed by atoms with van der Waals surface area (Å²) in [6.07, 6.45) is 2.60. The van der Waals surface area contributed by atoms with Gasteiger partial charge in [0, 0.05) is 18.5 Å². The highest BCUT2D eigenvalue weighted by molar-refractivity contribution is 5.70. The number of nitrogens with one attached hydrogen (secondary N) is 1. The molecule has 5 aromatic rings. The summed E-state index contributed by atoms with van der Waals surface area (Å²) < 4.78 is 3.39. The van der Waals surface area contributed by atoms with Crippen LogP contribution in [0.25, 0.3) is 22.5 Å². The lowest BCUT2D eigenvalue weighted by Crippen LogP contribution is -2.25. The van der Waals surface area contributed by atoms with E-state index in [0.717, 1.165) is 47.3 Å². The molecule has 0 saturated heterocycles. The maximum Gasteiger partial charge on any atom is 0.346 e. The van der Waals surface area contributed by atoms with E-state index in [2.05, 4.69) is 102 Å². The van der Waals surface area contributed by atoms with Gasteiger partial charge in [-0.2, -0.15) is 10.3 Å². The molecule has 3 aromatic carbocycles. The number of benzene rings is 3. The van der Waals surface area contributed by atoms with Crippen molar-refractivity contribution in [2.24, 2.45) is 0 Å². The van der Waals surface area contributed by atoms with Crippen molar-refractivity contribution in [2.45, 2.75) is 65.5 Å². The summed E-state index contributed by atoms with van der Waals surface area (Å²) in [5.74, 6) is 1.43. The summed E-state index contributed by atoms with van der Waals surface area (Å²) in [6, 6.07) is 25.3. The van der Waals surface area contributed by atoms with E-state index in [9.17, 15) is 4.79 Å². The first kappa shape index (κ1) is 26.3. The van der Waals surface area contributed by atoms with E-state index in [0.29, 0.717) is 18.9 Å². The average Bonchev–Trinajstić information content (AvgIpc) is 3.58. The second kappa shape index (κ2) is 11.2. The highest BCUT2D eigenvalue weighted by Gasteiger charge is 2.15. The first-order valence-corrected chi connectivity index (χ1v) is 13.5. The van der Waals surface area contributed by atoms with Crippen LogP contribution in [0.2, 0.25) is 0 Å². The molecule has 0 aliphatic rings. The van der Waals surface area contributed by atoms with Crippen molar-refractivity contribution in [3.63, 3.8) is 0 Å². The van der Waals surface area contributed by atoms with E-state index in [-0.39, 0.29) is 11.1 Å². The van der Waals surface area contributed by atoms with E-state index in [1.54, 1.807) is 9.25 Å². The number of hydrogen-bond donors (Lipinski definition) is 1. The van der Waals surface area contributed by atoms with Gasteiger partial charge >= 0.3 is 5.69 Å². The molecule has 0 atom stereocenters. The molecule has 8 heteroatoms. The molecule has 0 bridgehead atoms. The molecule has 2 heterocycles. The smallest absolute Gasteiger partial charge is 0.279 e. The van der Waals surface area contributed by atoms with Crippen LogP contribution >= 0.6 is 0 Å². The zero-order valence-electron chi connectivity index (χ0n) is 23.1. The van der Waals surface area contributed by atoms with E-state index >= 15 is 0 Å². The third-order valence-electron chi connectivity index (χ3n) is 7.09. The summed E-state index contributed by atoms with van der Waals surface area (Å²) in [6.45, 7) is 9.71. The van der Waals surface area contributed by atoms with E-state index in [4.69, 9.17) is 5.10 Å².